The van der Waals surface area contributed by atoms with Gasteiger partial charge in [-0.2, -0.15) is 0 Å². The highest BCUT2D eigenvalue weighted by Crippen LogP contribution is 2.23. The maximum Gasteiger partial charge on any atom is 0.0818 e. The average Bonchev–Trinajstić information content (AvgIpc) is 2.57. The normalized spacial score (nSPS) is 17.3. The Morgan fingerprint density at radius 2 is 1.70 bits per heavy atom. The summed E-state index contributed by atoms with van der Waals surface area (Å²) in [5.41, 5.74) is 1.76. The van der Waals surface area contributed by atoms with Crippen molar-refractivity contribution >= 4 is 0 Å². The van der Waals surface area contributed by atoms with E-state index in [0.717, 1.165) is 13.1 Å². The van der Waals surface area contributed by atoms with Crippen molar-refractivity contribution < 1.29 is 9.84 Å². The van der Waals surface area contributed by atoms with Gasteiger partial charge in [0.2, 0.25) is 0 Å². The first kappa shape index (κ1) is 16.1. The molecule has 1 aliphatic rings. The molecule has 0 aliphatic carbocycles. The van der Waals surface area contributed by atoms with Crippen LogP contribution in [0.1, 0.15) is 24.0 Å². The number of nitrogens with zero attached hydrogens (tertiary/aromatic N) is 2. The van der Waals surface area contributed by atoms with Gasteiger partial charge in [-0.05, 0) is 17.2 Å². The molecule has 0 atom stereocenters. The quantitative estimate of drug-likeness (QED) is 0.890. The summed E-state index contributed by atoms with van der Waals surface area (Å²) in [5, 5.41) is 10.9. The van der Waals surface area contributed by atoms with Crippen LogP contribution >= 0.6 is 0 Å². The van der Waals surface area contributed by atoms with Gasteiger partial charge in [0, 0.05) is 58.1 Å². The highest BCUT2D eigenvalue weighted by atomic mass is 16.5. The van der Waals surface area contributed by atoms with E-state index in [9.17, 15) is 5.11 Å². The van der Waals surface area contributed by atoms with Gasteiger partial charge in [-0.15, -0.1) is 0 Å². The number of pyridine rings is 1. The molecule has 2 aromatic rings. The van der Waals surface area contributed by atoms with Gasteiger partial charge >= 0.3 is 0 Å². The van der Waals surface area contributed by atoms with Gasteiger partial charge in [0.15, 0.2) is 0 Å². The lowest BCUT2D eigenvalue weighted by molar-refractivity contribution is -0.0821. The Morgan fingerprint density at radius 1 is 1.00 bits per heavy atom. The molecule has 4 heteroatoms. The highest BCUT2D eigenvalue weighted by Gasteiger charge is 2.32. The van der Waals surface area contributed by atoms with Crippen LogP contribution in [-0.2, 0) is 17.8 Å². The van der Waals surface area contributed by atoms with Crippen LogP contribution in [-0.4, -0.2) is 40.3 Å². The van der Waals surface area contributed by atoms with E-state index in [1.54, 1.807) is 6.20 Å². The zero-order chi connectivity index (χ0) is 16.0. The first-order valence-corrected chi connectivity index (χ1v) is 8.19. The SMILES string of the molecule is OC1(CN(Cc2ccccc2)Cc2cccnc2)CCOCC1. The molecular weight excluding hydrogens is 288 g/mol. The van der Waals surface area contributed by atoms with Crippen molar-refractivity contribution in [1.29, 1.82) is 0 Å². The average molecular weight is 312 g/mol. The summed E-state index contributed by atoms with van der Waals surface area (Å²) >= 11 is 0. The molecule has 1 aromatic carbocycles. The summed E-state index contributed by atoms with van der Waals surface area (Å²) in [6.07, 6.45) is 5.08. The lowest BCUT2D eigenvalue weighted by atomic mass is 9.93. The van der Waals surface area contributed by atoms with Crippen LogP contribution in [0.25, 0.3) is 0 Å². The fourth-order valence-corrected chi connectivity index (χ4v) is 3.08. The molecule has 1 fully saturated rings. The fraction of sp³-hybridized carbons (Fsp3) is 0.421. The minimum absolute atomic E-state index is 0.641. The van der Waals surface area contributed by atoms with Crippen molar-refractivity contribution in [3.05, 3.63) is 66.0 Å². The number of hydrogen-bond donors (Lipinski definition) is 1. The second-order valence-electron chi connectivity index (χ2n) is 6.33. The Morgan fingerprint density at radius 3 is 2.39 bits per heavy atom. The van der Waals surface area contributed by atoms with E-state index in [0.29, 0.717) is 32.6 Å². The van der Waals surface area contributed by atoms with Crippen molar-refractivity contribution in [2.75, 3.05) is 19.8 Å². The van der Waals surface area contributed by atoms with E-state index in [4.69, 9.17) is 4.74 Å². The lowest BCUT2D eigenvalue weighted by Gasteiger charge is -2.37. The fourth-order valence-electron chi connectivity index (χ4n) is 3.08. The zero-order valence-electron chi connectivity index (χ0n) is 13.4. The van der Waals surface area contributed by atoms with E-state index in [1.165, 1.54) is 11.1 Å². The van der Waals surface area contributed by atoms with Gasteiger partial charge in [-0.3, -0.25) is 9.88 Å². The number of rotatable bonds is 6. The monoisotopic (exact) mass is 312 g/mol. The number of aromatic nitrogens is 1. The third-order valence-corrected chi connectivity index (χ3v) is 4.32. The van der Waals surface area contributed by atoms with E-state index < -0.39 is 5.60 Å². The Hall–Kier alpha value is -1.75. The summed E-state index contributed by atoms with van der Waals surface area (Å²) < 4.78 is 5.39. The molecule has 0 bridgehead atoms. The lowest BCUT2D eigenvalue weighted by Crippen LogP contribution is -2.46. The van der Waals surface area contributed by atoms with Crippen molar-refractivity contribution in [2.45, 2.75) is 31.5 Å². The molecular formula is C19H24N2O2. The smallest absolute Gasteiger partial charge is 0.0818 e. The van der Waals surface area contributed by atoms with Gasteiger partial charge in [0.25, 0.3) is 0 Å². The van der Waals surface area contributed by atoms with Crippen molar-refractivity contribution in [3.8, 4) is 0 Å². The number of ether oxygens (including phenoxy) is 1. The predicted octanol–water partition coefficient (Wildman–Crippen LogP) is 2.63. The van der Waals surface area contributed by atoms with Gasteiger partial charge in [0.1, 0.15) is 0 Å². The van der Waals surface area contributed by atoms with E-state index in [1.807, 2.05) is 18.3 Å². The summed E-state index contributed by atoms with van der Waals surface area (Å²) in [4.78, 5) is 6.50. The molecule has 0 spiro atoms. The molecule has 1 saturated heterocycles. The second-order valence-corrected chi connectivity index (χ2v) is 6.33. The number of benzene rings is 1. The number of aliphatic hydroxyl groups is 1. The molecule has 0 amide bonds. The van der Waals surface area contributed by atoms with E-state index in [-0.39, 0.29) is 0 Å². The van der Waals surface area contributed by atoms with Crippen LogP contribution in [0, 0.1) is 0 Å². The highest BCUT2D eigenvalue weighted by molar-refractivity contribution is 5.15. The van der Waals surface area contributed by atoms with Crippen LogP contribution in [0.15, 0.2) is 54.9 Å². The van der Waals surface area contributed by atoms with E-state index >= 15 is 0 Å². The van der Waals surface area contributed by atoms with Crippen LogP contribution in [0.4, 0.5) is 0 Å². The second kappa shape index (κ2) is 7.68. The van der Waals surface area contributed by atoms with Crippen molar-refractivity contribution in [1.82, 2.24) is 9.88 Å². The van der Waals surface area contributed by atoms with Crippen molar-refractivity contribution in [2.24, 2.45) is 0 Å². The topological polar surface area (TPSA) is 45.6 Å². The van der Waals surface area contributed by atoms with Crippen LogP contribution in [0.5, 0.6) is 0 Å². The Labute approximate surface area is 137 Å². The summed E-state index contributed by atoms with van der Waals surface area (Å²) in [5.74, 6) is 0. The molecule has 23 heavy (non-hydrogen) atoms. The largest absolute Gasteiger partial charge is 0.388 e. The third-order valence-electron chi connectivity index (χ3n) is 4.32. The minimum Gasteiger partial charge on any atom is -0.388 e. The zero-order valence-corrected chi connectivity index (χ0v) is 13.4. The first-order chi connectivity index (χ1) is 11.2. The summed E-state index contributed by atoms with van der Waals surface area (Å²) in [6, 6.07) is 14.4. The standard InChI is InChI=1S/C19H24N2O2/c22-19(8-11-23-12-9-19)16-21(14-17-5-2-1-3-6-17)15-18-7-4-10-20-13-18/h1-7,10,13,22H,8-9,11-12,14-16H2. The first-order valence-electron chi connectivity index (χ1n) is 8.19. The molecule has 3 rings (SSSR count). The maximum atomic E-state index is 10.9. The van der Waals surface area contributed by atoms with E-state index in [2.05, 4.69) is 40.2 Å². The molecule has 0 radical (unpaired) electrons. The molecule has 1 N–H and O–H groups in total. The van der Waals surface area contributed by atoms with Crippen LogP contribution in [0.2, 0.25) is 0 Å². The van der Waals surface area contributed by atoms with Crippen LogP contribution < -0.4 is 0 Å². The van der Waals surface area contributed by atoms with Gasteiger partial charge in [-0.1, -0.05) is 36.4 Å². The Balaban J connectivity index is 1.72. The van der Waals surface area contributed by atoms with Gasteiger partial charge in [0.05, 0.1) is 5.60 Å². The predicted molar refractivity (Wildman–Crippen MR) is 89.8 cm³/mol. The van der Waals surface area contributed by atoms with Crippen molar-refractivity contribution in [3.63, 3.8) is 0 Å². The van der Waals surface area contributed by atoms with Crippen LogP contribution in [0.3, 0.4) is 0 Å². The Bertz CT molecular complexity index is 541. The number of hydrogen-bond acceptors (Lipinski definition) is 4. The molecule has 122 valence electrons. The summed E-state index contributed by atoms with van der Waals surface area (Å²) in [6.45, 7) is 3.54. The molecule has 4 nitrogen and oxygen atoms in total. The summed E-state index contributed by atoms with van der Waals surface area (Å²) in [7, 11) is 0. The maximum absolute atomic E-state index is 10.9. The molecule has 1 aromatic heterocycles. The minimum atomic E-state index is -0.658. The third kappa shape index (κ3) is 4.86. The molecule has 0 saturated carbocycles. The molecule has 1 aliphatic heterocycles. The van der Waals surface area contributed by atoms with Gasteiger partial charge in [-0.25, -0.2) is 0 Å². The van der Waals surface area contributed by atoms with Gasteiger partial charge < -0.3 is 9.84 Å². The molecule has 2 heterocycles. The Kier molecular flexibility index (Phi) is 5.39. The molecule has 0 unspecified atom stereocenters.